The van der Waals surface area contributed by atoms with E-state index in [2.05, 4.69) is 4.74 Å². The van der Waals surface area contributed by atoms with Crippen molar-refractivity contribution in [1.82, 2.24) is 0 Å². The SMILES string of the molecule is CCOC(C)=O.CCO[Si](CCCN)(OCC)OCC. The molecule has 0 saturated heterocycles. The van der Waals surface area contributed by atoms with E-state index < -0.39 is 8.80 Å². The molecule has 0 radical (unpaired) electrons. The van der Waals surface area contributed by atoms with Crippen molar-refractivity contribution in [3.05, 3.63) is 0 Å². The van der Waals surface area contributed by atoms with Crippen LogP contribution in [0.4, 0.5) is 0 Å². The van der Waals surface area contributed by atoms with Gasteiger partial charge in [0.1, 0.15) is 0 Å². The molecule has 0 amide bonds. The number of carbonyl (C=O) groups is 1. The monoisotopic (exact) mass is 309 g/mol. The van der Waals surface area contributed by atoms with Crippen LogP contribution in [0.15, 0.2) is 0 Å². The van der Waals surface area contributed by atoms with E-state index in [-0.39, 0.29) is 5.97 Å². The van der Waals surface area contributed by atoms with E-state index in [1.807, 2.05) is 20.8 Å². The van der Waals surface area contributed by atoms with Crippen LogP contribution < -0.4 is 5.73 Å². The Morgan fingerprint density at radius 3 is 1.60 bits per heavy atom. The molecule has 0 aromatic heterocycles. The number of rotatable bonds is 10. The molecular weight excluding hydrogens is 278 g/mol. The molecule has 0 aromatic carbocycles. The van der Waals surface area contributed by atoms with Gasteiger partial charge in [-0.05, 0) is 40.7 Å². The van der Waals surface area contributed by atoms with Gasteiger partial charge in [0.05, 0.1) is 6.61 Å². The summed E-state index contributed by atoms with van der Waals surface area (Å²) < 4.78 is 21.4. The molecule has 0 aliphatic rings. The Bertz CT molecular complexity index is 212. The lowest BCUT2D eigenvalue weighted by Crippen LogP contribution is -2.46. The van der Waals surface area contributed by atoms with Crippen molar-refractivity contribution in [2.45, 2.75) is 47.1 Å². The number of hydrogen-bond acceptors (Lipinski definition) is 6. The van der Waals surface area contributed by atoms with E-state index in [0.29, 0.717) is 33.0 Å². The molecular formula is C13H31NO5Si. The Labute approximate surface area is 124 Å². The summed E-state index contributed by atoms with van der Waals surface area (Å²) in [5, 5.41) is 0. The van der Waals surface area contributed by atoms with Crippen molar-refractivity contribution in [1.29, 1.82) is 0 Å². The summed E-state index contributed by atoms with van der Waals surface area (Å²) in [6, 6.07) is 0.818. The van der Waals surface area contributed by atoms with Gasteiger partial charge in [0, 0.05) is 32.8 Å². The standard InChI is InChI=1S/C9H23NO3Si.C4H8O2/c1-4-11-14(12-5-2,13-6-3)9-7-8-10;1-3-6-4(2)5/h4-10H2,1-3H3;3H2,1-2H3. The van der Waals surface area contributed by atoms with Gasteiger partial charge in [-0.3, -0.25) is 4.79 Å². The molecule has 0 aromatic rings. The Morgan fingerprint density at radius 1 is 0.950 bits per heavy atom. The van der Waals surface area contributed by atoms with Gasteiger partial charge in [-0.15, -0.1) is 0 Å². The molecule has 0 aliphatic heterocycles. The zero-order chi connectivity index (χ0) is 15.9. The van der Waals surface area contributed by atoms with Crippen LogP contribution in [0.1, 0.15) is 41.0 Å². The first kappa shape index (κ1) is 21.8. The first-order chi connectivity index (χ1) is 9.51. The van der Waals surface area contributed by atoms with Gasteiger partial charge in [0.25, 0.3) is 0 Å². The van der Waals surface area contributed by atoms with E-state index in [1.165, 1.54) is 6.92 Å². The van der Waals surface area contributed by atoms with Crippen LogP contribution >= 0.6 is 0 Å². The maximum absolute atomic E-state index is 9.82. The third-order valence-electron chi connectivity index (χ3n) is 2.13. The van der Waals surface area contributed by atoms with Gasteiger partial charge < -0.3 is 23.7 Å². The van der Waals surface area contributed by atoms with Crippen molar-refractivity contribution in [3.63, 3.8) is 0 Å². The van der Waals surface area contributed by atoms with E-state index in [9.17, 15) is 4.79 Å². The molecule has 0 heterocycles. The molecule has 0 rings (SSSR count). The average Bonchev–Trinajstić information content (AvgIpc) is 2.38. The van der Waals surface area contributed by atoms with E-state index >= 15 is 0 Å². The Morgan fingerprint density at radius 2 is 1.40 bits per heavy atom. The van der Waals surface area contributed by atoms with E-state index in [1.54, 1.807) is 6.92 Å². The van der Waals surface area contributed by atoms with E-state index in [4.69, 9.17) is 19.0 Å². The van der Waals surface area contributed by atoms with Gasteiger partial charge in [-0.25, -0.2) is 0 Å². The third-order valence-corrected chi connectivity index (χ3v) is 5.28. The van der Waals surface area contributed by atoms with Gasteiger partial charge >= 0.3 is 14.8 Å². The minimum Gasteiger partial charge on any atom is -0.466 e. The average molecular weight is 309 g/mol. The minimum absolute atomic E-state index is 0.211. The zero-order valence-electron chi connectivity index (χ0n) is 13.6. The molecule has 0 aliphatic carbocycles. The molecule has 6 nitrogen and oxygen atoms in total. The molecule has 0 spiro atoms. The van der Waals surface area contributed by atoms with Crippen LogP contribution in [0.3, 0.4) is 0 Å². The highest BCUT2D eigenvalue weighted by Crippen LogP contribution is 2.17. The van der Waals surface area contributed by atoms with Gasteiger partial charge in [-0.2, -0.15) is 0 Å². The highest BCUT2D eigenvalue weighted by molar-refractivity contribution is 6.60. The van der Waals surface area contributed by atoms with E-state index in [0.717, 1.165) is 12.5 Å². The number of hydrogen-bond donors (Lipinski definition) is 1. The Kier molecular flexibility index (Phi) is 16.3. The maximum atomic E-state index is 9.82. The predicted octanol–water partition coefficient (Wildman–Crippen LogP) is 1.95. The number of carbonyl (C=O) groups excluding carboxylic acids is 1. The van der Waals surface area contributed by atoms with Crippen LogP contribution in [0.5, 0.6) is 0 Å². The summed E-state index contributed by atoms with van der Waals surface area (Å²) in [4.78, 5) is 9.82. The molecule has 20 heavy (non-hydrogen) atoms. The summed E-state index contributed by atoms with van der Waals surface area (Å²) in [6.07, 6.45) is 0.895. The maximum Gasteiger partial charge on any atom is 0.500 e. The topological polar surface area (TPSA) is 80.0 Å². The van der Waals surface area contributed by atoms with Crippen molar-refractivity contribution < 1.29 is 22.8 Å². The molecule has 0 fully saturated rings. The fourth-order valence-corrected chi connectivity index (χ4v) is 4.16. The highest BCUT2D eigenvalue weighted by Gasteiger charge is 2.39. The lowest BCUT2D eigenvalue weighted by Gasteiger charge is -2.28. The van der Waals surface area contributed by atoms with Gasteiger partial charge in [0.2, 0.25) is 0 Å². The quantitative estimate of drug-likeness (QED) is 0.491. The summed E-state index contributed by atoms with van der Waals surface area (Å²) in [7, 11) is -2.40. The molecule has 0 unspecified atom stereocenters. The van der Waals surface area contributed by atoms with Crippen LogP contribution in [0, 0.1) is 0 Å². The molecule has 0 atom stereocenters. The number of nitrogens with two attached hydrogens (primary N) is 1. The molecule has 0 bridgehead atoms. The first-order valence-electron chi connectivity index (χ1n) is 7.27. The smallest absolute Gasteiger partial charge is 0.466 e. The largest absolute Gasteiger partial charge is 0.500 e. The van der Waals surface area contributed by atoms with Gasteiger partial charge in [-0.1, -0.05) is 0 Å². The van der Waals surface area contributed by atoms with Crippen molar-refractivity contribution >= 4 is 14.8 Å². The lowest BCUT2D eigenvalue weighted by atomic mass is 10.5. The zero-order valence-corrected chi connectivity index (χ0v) is 14.6. The van der Waals surface area contributed by atoms with Crippen molar-refractivity contribution in [2.24, 2.45) is 5.73 Å². The fraction of sp³-hybridized carbons (Fsp3) is 0.923. The first-order valence-corrected chi connectivity index (χ1v) is 9.20. The summed E-state index contributed by atoms with van der Waals surface area (Å²) in [6.45, 7) is 12.1. The second-order valence-corrected chi connectivity index (χ2v) is 6.53. The fourth-order valence-electron chi connectivity index (χ4n) is 1.52. The molecule has 2 N–H and O–H groups in total. The number of esters is 1. The lowest BCUT2D eigenvalue weighted by molar-refractivity contribution is -0.140. The predicted molar refractivity (Wildman–Crippen MR) is 81.4 cm³/mol. The van der Waals surface area contributed by atoms with Crippen molar-refractivity contribution in [2.75, 3.05) is 33.0 Å². The van der Waals surface area contributed by atoms with Crippen LogP contribution in [0.25, 0.3) is 0 Å². The molecule has 0 saturated carbocycles. The van der Waals surface area contributed by atoms with Gasteiger partial charge in [0.15, 0.2) is 0 Å². The third kappa shape index (κ3) is 12.6. The summed E-state index contributed by atoms with van der Waals surface area (Å²) >= 11 is 0. The highest BCUT2D eigenvalue weighted by atomic mass is 28.4. The van der Waals surface area contributed by atoms with Crippen LogP contribution in [-0.4, -0.2) is 47.7 Å². The molecule has 7 heteroatoms. The van der Waals surface area contributed by atoms with Crippen molar-refractivity contribution in [3.8, 4) is 0 Å². The van der Waals surface area contributed by atoms with Crippen LogP contribution in [0.2, 0.25) is 6.04 Å². The minimum atomic E-state index is -2.40. The number of ether oxygens (including phenoxy) is 1. The second-order valence-electron chi connectivity index (χ2n) is 3.80. The Balaban J connectivity index is 0. The van der Waals surface area contributed by atoms with Crippen LogP contribution in [-0.2, 0) is 22.8 Å². The second kappa shape index (κ2) is 14.9. The Hall–Kier alpha value is -0.473. The normalized spacial score (nSPS) is 10.7. The summed E-state index contributed by atoms with van der Waals surface area (Å²) in [5.41, 5.74) is 5.48. The summed E-state index contributed by atoms with van der Waals surface area (Å²) in [5.74, 6) is -0.211. The molecule has 122 valence electrons.